The molecule has 6 heteroatoms. The number of rotatable bonds is 5. The molecule has 4 nitrogen and oxygen atoms in total. The number of carbonyl (C=O) groups excluding carboxylic acids is 1. The largest absolute Gasteiger partial charge is 0.368 e. The molecular formula is C14H18ClFN2O2. The maximum atomic E-state index is 14.2. The Bertz CT molecular complexity index is 478. The second-order valence-corrected chi connectivity index (χ2v) is 5.35. The molecule has 1 heterocycles. The predicted molar refractivity (Wildman–Crippen MR) is 74.9 cm³/mol. The zero-order valence-electron chi connectivity index (χ0n) is 11.1. The number of hydrogen-bond acceptors (Lipinski definition) is 3. The molecule has 2 rings (SSSR count). The van der Waals surface area contributed by atoms with Gasteiger partial charge in [0, 0.05) is 18.0 Å². The summed E-state index contributed by atoms with van der Waals surface area (Å²) in [5, 5.41) is 3.31. The molecule has 1 amide bonds. The molecule has 20 heavy (non-hydrogen) atoms. The quantitative estimate of drug-likeness (QED) is 0.874. The van der Waals surface area contributed by atoms with Gasteiger partial charge >= 0.3 is 0 Å². The van der Waals surface area contributed by atoms with Crippen molar-refractivity contribution in [2.75, 3.05) is 19.7 Å². The fraction of sp³-hybridized carbons (Fsp3) is 0.500. The molecule has 0 unspecified atom stereocenters. The number of carbonyl (C=O) groups is 1. The van der Waals surface area contributed by atoms with E-state index in [1.807, 2.05) is 0 Å². The molecule has 1 aromatic carbocycles. The first-order valence-electron chi connectivity index (χ1n) is 6.64. The van der Waals surface area contributed by atoms with E-state index in [9.17, 15) is 9.18 Å². The highest BCUT2D eigenvalue weighted by molar-refractivity contribution is 6.30. The van der Waals surface area contributed by atoms with Crippen LogP contribution in [0.25, 0.3) is 0 Å². The topological polar surface area (TPSA) is 64.4 Å². The van der Waals surface area contributed by atoms with Crippen molar-refractivity contribution >= 4 is 17.5 Å². The van der Waals surface area contributed by atoms with Gasteiger partial charge in [-0.3, -0.25) is 4.79 Å². The Morgan fingerprint density at radius 1 is 1.60 bits per heavy atom. The van der Waals surface area contributed by atoms with Gasteiger partial charge in [0.05, 0.1) is 11.1 Å². The number of amides is 1. The van der Waals surface area contributed by atoms with Crippen LogP contribution in [0.15, 0.2) is 18.2 Å². The Morgan fingerprint density at radius 2 is 2.40 bits per heavy atom. The summed E-state index contributed by atoms with van der Waals surface area (Å²) in [5.41, 5.74) is 5.50. The third-order valence-electron chi connectivity index (χ3n) is 3.46. The van der Waals surface area contributed by atoms with Gasteiger partial charge in [-0.25, -0.2) is 4.39 Å². The molecule has 1 aromatic rings. The van der Waals surface area contributed by atoms with Crippen LogP contribution in [0, 0.1) is 11.7 Å². The van der Waals surface area contributed by atoms with Crippen molar-refractivity contribution in [2.45, 2.75) is 18.9 Å². The average molecular weight is 301 g/mol. The molecular weight excluding hydrogens is 283 g/mol. The van der Waals surface area contributed by atoms with Crippen molar-refractivity contribution in [2.24, 2.45) is 11.7 Å². The van der Waals surface area contributed by atoms with Gasteiger partial charge in [-0.15, -0.1) is 0 Å². The summed E-state index contributed by atoms with van der Waals surface area (Å²) in [5.74, 6) is -0.966. The summed E-state index contributed by atoms with van der Waals surface area (Å²) in [6.45, 7) is 1.43. The maximum Gasteiger partial charge on any atom is 0.243 e. The van der Waals surface area contributed by atoms with Crippen molar-refractivity contribution < 1.29 is 13.9 Å². The van der Waals surface area contributed by atoms with Gasteiger partial charge in [0.1, 0.15) is 12.4 Å². The number of ether oxygens (including phenoxy) is 1. The highest BCUT2D eigenvalue weighted by Crippen LogP contribution is 2.34. The molecule has 0 spiro atoms. The summed E-state index contributed by atoms with van der Waals surface area (Å²) in [4.78, 5) is 10.9. The zero-order chi connectivity index (χ0) is 14.5. The van der Waals surface area contributed by atoms with E-state index in [0.29, 0.717) is 5.56 Å². The van der Waals surface area contributed by atoms with Gasteiger partial charge in [0.2, 0.25) is 5.91 Å². The third kappa shape index (κ3) is 3.69. The second kappa shape index (κ2) is 7.02. The van der Waals surface area contributed by atoms with E-state index in [2.05, 4.69) is 5.32 Å². The molecule has 0 aliphatic carbocycles. The van der Waals surface area contributed by atoms with Crippen molar-refractivity contribution in [1.82, 2.24) is 5.32 Å². The van der Waals surface area contributed by atoms with E-state index < -0.39 is 17.8 Å². The minimum absolute atomic E-state index is 0.0546. The van der Waals surface area contributed by atoms with Gasteiger partial charge in [0.15, 0.2) is 0 Å². The van der Waals surface area contributed by atoms with Crippen LogP contribution in [-0.4, -0.2) is 25.6 Å². The standard InChI is InChI=1S/C14H18ClFN2O2/c15-11-5-1-4-10(13(11)16)14(20-8-12(17)19)9-3-2-6-18-7-9/h1,4-5,9,14,18H,2-3,6-8H2,(H2,17,19)/t9-,14+/m1/s1. The monoisotopic (exact) mass is 300 g/mol. The molecule has 0 radical (unpaired) electrons. The molecule has 2 atom stereocenters. The predicted octanol–water partition coefficient (Wildman–Crippen LogP) is 2.02. The van der Waals surface area contributed by atoms with Gasteiger partial charge in [0.25, 0.3) is 0 Å². The molecule has 1 saturated heterocycles. The zero-order valence-corrected chi connectivity index (χ0v) is 11.8. The molecule has 1 fully saturated rings. The Morgan fingerprint density at radius 3 is 3.05 bits per heavy atom. The van der Waals surface area contributed by atoms with Crippen LogP contribution in [0.5, 0.6) is 0 Å². The first-order chi connectivity index (χ1) is 9.59. The number of nitrogens with one attached hydrogen (secondary N) is 1. The Kier molecular flexibility index (Phi) is 5.34. The fourth-order valence-electron chi connectivity index (χ4n) is 2.53. The SMILES string of the molecule is NC(=O)CO[C@H](c1cccc(Cl)c1F)[C@@H]1CCCNC1. The van der Waals surface area contributed by atoms with Crippen LogP contribution in [0.3, 0.4) is 0 Å². The first-order valence-corrected chi connectivity index (χ1v) is 7.02. The van der Waals surface area contributed by atoms with Crippen LogP contribution in [0.2, 0.25) is 5.02 Å². The van der Waals surface area contributed by atoms with Gasteiger partial charge in [-0.2, -0.15) is 0 Å². The van der Waals surface area contributed by atoms with Gasteiger partial charge in [-0.1, -0.05) is 23.7 Å². The smallest absolute Gasteiger partial charge is 0.243 e. The third-order valence-corrected chi connectivity index (χ3v) is 3.75. The van der Waals surface area contributed by atoms with Crippen LogP contribution >= 0.6 is 11.6 Å². The van der Waals surface area contributed by atoms with Crippen molar-refractivity contribution in [1.29, 1.82) is 0 Å². The molecule has 1 aliphatic rings. The molecule has 0 bridgehead atoms. The van der Waals surface area contributed by atoms with E-state index >= 15 is 0 Å². The van der Waals surface area contributed by atoms with E-state index in [0.717, 1.165) is 25.9 Å². The first kappa shape index (κ1) is 15.2. The number of piperidine rings is 1. The molecule has 0 saturated carbocycles. The Balaban J connectivity index is 2.24. The van der Waals surface area contributed by atoms with E-state index in [1.54, 1.807) is 12.1 Å². The molecule has 110 valence electrons. The van der Waals surface area contributed by atoms with E-state index in [-0.39, 0.29) is 17.5 Å². The highest BCUT2D eigenvalue weighted by atomic mass is 35.5. The lowest BCUT2D eigenvalue weighted by Crippen LogP contribution is -2.35. The Hall–Kier alpha value is -1.17. The van der Waals surface area contributed by atoms with E-state index in [1.165, 1.54) is 6.07 Å². The number of benzene rings is 1. The van der Waals surface area contributed by atoms with Crippen molar-refractivity contribution in [3.63, 3.8) is 0 Å². The van der Waals surface area contributed by atoms with Gasteiger partial charge < -0.3 is 15.8 Å². The number of nitrogens with two attached hydrogens (primary N) is 1. The van der Waals surface area contributed by atoms with Crippen LogP contribution in [0.4, 0.5) is 4.39 Å². The minimum atomic E-state index is -0.568. The second-order valence-electron chi connectivity index (χ2n) is 4.95. The van der Waals surface area contributed by atoms with Crippen LogP contribution < -0.4 is 11.1 Å². The van der Waals surface area contributed by atoms with Crippen LogP contribution in [-0.2, 0) is 9.53 Å². The number of hydrogen-bond donors (Lipinski definition) is 2. The van der Waals surface area contributed by atoms with Crippen molar-refractivity contribution in [3.8, 4) is 0 Å². The normalized spacial score (nSPS) is 20.6. The summed E-state index contributed by atoms with van der Waals surface area (Å²) in [6, 6.07) is 4.81. The van der Waals surface area contributed by atoms with Crippen molar-refractivity contribution in [3.05, 3.63) is 34.6 Å². The minimum Gasteiger partial charge on any atom is -0.368 e. The molecule has 3 N–H and O–H groups in total. The average Bonchev–Trinajstić information content (AvgIpc) is 2.44. The lowest BCUT2D eigenvalue weighted by molar-refractivity contribution is -0.126. The lowest BCUT2D eigenvalue weighted by Gasteiger charge is -2.31. The Labute approximate surface area is 122 Å². The highest BCUT2D eigenvalue weighted by Gasteiger charge is 2.29. The summed E-state index contributed by atoms with van der Waals surface area (Å²) in [6.07, 6.45) is 1.38. The van der Waals surface area contributed by atoms with Crippen LogP contribution in [0.1, 0.15) is 24.5 Å². The fourth-order valence-corrected chi connectivity index (χ4v) is 2.71. The summed E-state index contributed by atoms with van der Waals surface area (Å²) < 4.78 is 19.7. The summed E-state index contributed by atoms with van der Waals surface area (Å²) >= 11 is 5.82. The summed E-state index contributed by atoms with van der Waals surface area (Å²) in [7, 11) is 0. The van der Waals surface area contributed by atoms with Gasteiger partial charge in [-0.05, 0) is 25.5 Å². The number of primary amides is 1. The molecule has 1 aliphatic heterocycles. The number of halogens is 2. The lowest BCUT2D eigenvalue weighted by atomic mass is 9.89. The maximum absolute atomic E-state index is 14.2. The molecule has 0 aromatic heterocycles. The van der Waals surface area contributed by atoms with E-state index in [4.69, 9.17) is 22.1 Å².